The SMILES string of the molecule is CC(C)C(=O)OC(C)(C)C.CC(C)C(C)(c1ccccc1)c1ccccc1.CC(C)C1CCCCO1.CC(C)Cc1ccccc1.CC(C)[Si](C)(C)C(C)(C)C.CC(C)[Si](c1ccccc1)(c1ccccc1)C(C)(C)C. The van der Waals surface area contributed by atoms with Gasteiger partial charge >= 0.3 is 5.97 Å². The van der Waals surface area contributed by atoms with Gasteiger partial charge in [-0.2, -0.15) is 0 Å². The Morgan fingerprint density at radius 3 is 1.13 bits per heavy atom. The first-order valence-corrected chi connectivity index (χ1v) is 34.4. The van der Waals surface area contributed by atoms with Crippen LogP contribution in [0.4, 0.5) is 0 Å². The monoisotopic (exact) mass is 1070 g/mol. The minimum Gasteiger partial charge on any atom is -0.460 e. The van der Waals surface area contributed by atoms with Crippen molar-refractivity contribution in [2.24, 2.45) is 23.7 Å². The van der Waals surface area contributed by atoms with Gasteiger partial charge in [0.15, 0.2) is 0 Å². The fraction of sp³-hybridized carbons (Fsp3) is 0.563. The third kappa shape index (κ3) is 22.7. The molecule has 5 heteroatoms. The van der Waals surface area contributed by atoms with Crippen molar-refractivity contribution < 1.29 is 14.3 Å². The van der Waals surface area contributed by atoms with Crippen LogP contribution in [0.1, 0.15) is 188 Å². The van der Waals surface area contributed by atoms with E-state index in [9.17, 15) is 4.79 Å². The summed E-state index contributed by atoms with van der Waals surface area (Å²) in [4.78, 5) is 10.9. The van der Waals surface area contributed by atoms with Crippen molar-refractivity contribution in [2.45, 2.75) is 229 Å². The van der Waals surface area contributed by atoms with Gasteiger partial charge in [-0.3, -0.25) is 4.79 Å². The average molecular weight is 1070 g/mol. The average Bonchev–Trinajstić information content (AvgIpc) is 3.35. The summed E-state index contributed by atoms with van der Waals surface area (Å²) < 4.78 is 10.6. The minimum atomic E-state index is -1.83. The summed E-state index contributed by atoms with van der Waals surface area (Å²) in [5.74, 6) is 1.88. The number of hydrogen-bond donors (Lipinski definition) is 0. The molecule has 0 bridgehead atoms. The lowest BCUT2D eigenvalue weighted by molar-refractivity contribution is -0.158. The van der Waals surface area contributed by atoms with Gasteiger partial charge in [-0.1, -0.05) is 312 Å². The number of hydrogen-bond acceptors (Lipinski definition) is 3. The first-order chi connectivity index (χ1) is 35.2. The molecule has 6 rings (SSSR count). The third-order valence-electron chi connectivity index (χ3n) is 16.1. The Kier molecular flexibility index (Phi) is 30.2. The number of ether oxygens (including phenoxy) is 2. The van der Waals surface area contributed by atoms with Crippen LogP contribution < -0.4 is 10.4 Å². The number of carbonyl (C=O) groups is 1. The summed E-state index contributed by atoms with van der Waals surface area (Å²) in [6.07, 6.45) is 5.66. The highest BCUT2D eigenvalue weighted by atomic mass is 28.3. The van der Waals surface area contributed by atoms with E-state index >= 15 is 0 Å². The summed E-state index contributed by atoms with van der Waals surface area (Å²) in [5.41, 5.74) is 5.52. The van der Waals surface area contributed by atoms with E-state index < -0.39 is 16.1 Å². The van der Waals surface area contributed by atoms with Gasteiger partial charge < -0.3 is 9.47 Å². The molecule has 0 amide bonds. The van der Waals surface area contributed by atoms with E-state index in [-0.39, 0.29) is 27.9 Å². The van der Waals surface area contributed by atoms with Crippen LogP contribution in [0, 0.1) is 23.7 Å². The van der Waals surface area contributed by atoms with Gasteiger partial charge in [-0.05, 0) is 96.5 Å². The lowest BCUT2D eigenvalue weighted by Gasteiger charge is -2.47. The predicted octanol–water partition coefficient (Wildman–Crippen LogP) is 20.1. The summed E-state index contributed by atoms with van der Waals surface area (Å²) in [6.45, 7) is 55.0. The van der Waals surface area contributed by atoms with Crippen LogP contribution in [-0.4, -0.2) is 40.4 Å². The van der Waals surface area contributed by atoms with Crippen LogP contribution in [-0.2, 0) is 26.1 Å². The van der Waals surface area contributed by atoms with E-state index in [0.29, 0.717) is 28.5 Å². The van der Waals surface area contributed by atoms with Crippen LogP contribution in [0.3, 0.4) is 0 Å². The van der Waals surface area contributed by atoms with E-state index in [1.54, 1.807) is 10.4 Å². The number of benzene rings is 5. The first kappa shape index (κ1) is 70.0. The second-order valence-electron chi connectivity index (χ2n) is 27.1. The van der Waals surface area contributed by atoms with Crippen molar-refractivity contribution >= 4 is 32.5 Å². The van der Waals surface area contributed by atoms with Crippen molar-refractivity contribution in [3.63, 3.8) is 0 Å². The molecule has 1 unspecified atom stereocenters. The Labute approximate surface area is 472 Å². The number of carbonyl (C=O) groups excluding carboxylic acids is 1. The zero-order valence-corrected chi connectivity index (χ0v) is 55.2. The molecule has 0 spiro atoms. The maximum atomic E-state index is 10.9. The minimum absolute atomic E-state index is 0.0285. The van der Waals surface area contributed by atoms with Gasteiger partial charge in [0.1, 0.15) is 13.7 Å². The summed E-state index contributed by atoms with van der Waals surface area (Å²) in [6, 6.07) is 54.5. The summed E-state index contributed by atoms with van der Waals surface area (Å²) in [7, 11) is -2.81. The molecule has 76 heavy (non-hydrogen) atoms. The lowest BCUT2D eigenvalue weighted by atomic mass is 9.68. The Hall–Kier alpha value is -4.04. The molecule has 1 aliphatic heterocycles. The van der Waals surface area contributed by atoms with Crippen LogP contribution in [0.15, 0.2) is 152 Å². The van der Waals surface area contributed by atoms with Crippen LogP contribution in [0.2, 0.25) is 34.3 Å². The fourth-order valence-corrected chi connectivity index (χ4v) is 18.3. The van der Waals surface area contributed by atoms with E-state index in [1.165, 1.54) is 42.4 Å². The molecule has 1 fully saturated rings. The second-order valence-corrected chi connectivity index (χ2v) is 38.6. The Morgan fingerprint density at radius 1 is 0.526 bits per heavy atom. The van der Waals surface area contributed by atoms with E-state index in [2.05, 4.69) is 282 Å². The topological polar surface area (TPSA) is 35.5 Å². The van der Waals surface area contributed by atoms with Gasteiger partial charge in [0.25, 0.3) is 0 Å². The molecule has 1 aliphatic rings. The van der Waals surface area contributed by atoms with Gasteiger partial charge in [0, 0.05) is 12.0 Å². The second kappa shape index (κ2) is 32.8. The van der Waals surface area contributed by atoms with Gasteiger partial charge in [0.05, 0.1) is 20.1 Å². The van der Waals surface area contributed by atoms with E-state index in [4.69, 9.17) is 9.47 Å². The van der Waals surface area contributed by atoms with Crippen molar-refractivity contribution in [1.82, 2.24) is 0 Å². The lowest BCUT2D eigenvalue weighted by Crippen LogP contribution is -2.66. The van der Waals surface area contributed by atoms with Crippen molar-refractivity contribution in [3.05, 3.63) is 168 Å². The highest BCUT2D eigenvalue weighted by Crippen LogP contribution is 2.44. The molecule has 1 atom stereocenters. The largest absolute Gasteiger partial charge is 0.460 e. The van der Waals surface area contributed by atoms with Gasteiger partial charge in [-0.15, -0.1) is 0 Å². The molecular weight excluding hydrogens is 957 g/mol. The number of esters is 1. The quantitative estimate of drug-likeness (QED) is 0.0977. The van der Waals surface area contributed by atoms with Crippen molar-refractivity contribution in [2.75, 3.05) is 6.61 Å². The standard InChI is InChI=1S/C19H26Si.C17H20.C10H14.C9H22Si.C8H16O2.C8H16O/c1-16(2)20(19(3,4)5,17-12-8-6-9-13-17)18-14-10-7-11-15-18;1-14(2)17(3,15-10-6-4-7-11-15)16-12-8-5-9-13-16;1-9(2)8-10-6-4-3-5-7-10;1-8(2)10(6,7)9(3,4)5;1-6(2)7(9)10-8(3,4)5;1-7(2)8-5-3-4-6-9-8/h6-16H,1-5H3;4-14H,1-3H3;3-7,9H,8H2,1-2H3;8H,1-7H3;6H,1-5H3;7-8H,3-6H2,1-2H3. The maximum Gasteiger partial charge on any atom is 0.308 e. The molecular formula is C71H114O3Si2. The van der Waals surface area contributed by atoms with E-state index in [1.807, 2.05) is 34.6 Å². The molecule has 0 radical (unpaired) electrons. The normalized spacial score (nSPS) is 14.2. The fourth-order valence-electron chi connectivity index (χ4n) is 10.0. The third-order valence-corrected chi connectivity index (χ3v) is 29.4. The molecule has 1 saturated heterocycles. The molecule has 5 aromatic carbocycles. The Morgan fingerprint density at radius 2 is 0.908 bits per heavy atom. The summed E-state index contributed by atoms with van der Waals surface area (Å²) in [5, 5.41) is 3.94. The van der Waals surface area contributed by atoms with Crippen LogP contribution in [0.25, 0.3) is 0 Å². The molecule has 0 aliphatic carbocycles. The zero-order chi connectivity index (χ0) is 58.1. The smallest absolute Gasteiger partial charge is 0.308 e. The van der Waals surface area contributed by atoms with Crippen molar-refractivity contribution in [1.29, 1.82) is 0 Å². The maximum absolute atomic E-state index is 10.9. The molecule has 424 valence electrons. The van der Waals surface area contributed by atoms with Gasteiger partial charge in [0.2, 0.25) is 0 Å². The Balaban J connectivity index is 0.000000471. The Bertz CT molecular complexity index is 2160. The molecule has 0 aromatic heterocycles. The highest BCUT2D eigenvalue weighted by Gasteiger charge is 2.49. The molecule has 0 N–H and O–H groups in total. The molecule has 0 saturated carbocycles. The van der Waals surface area contributed by atoms with E-state index in [0.717, 1.165) is 18.1 Å². The molecule has 3 nitrogen and oxygen atoms in total. The number of rotatable bonds is 11. The molecule has 1 heterocycles. The van der Waals surface area contributed by atoms with Gasteiger partial charge in [-0.25, -0.2) is 0 Å². The van der Waals surface area contributed by atoms with Crippen LogP contribution in [0.5, 0.6) is 0 Å². The summed E-state index contributed by atoms with van der Waals surface area (Å²) >= 11 is 0. The zero-order valence-electron chi connectivity index (χ0n) is 53.2. The van der Waals surface area contributed by atoms with Crippen molar-refractivity contribution in [3.8, 4) is 0 Å². The highest BCUT2D eigenvalue weighted by molar-refractivity contribution is 7.05. The first-order valence-electron chi connectivity index (χ1n) is 29.3. The predicted molar refractivity (Wildman–Crippen MR) is 343 cm³/mol. The molecule has 5 aromatic rings. The van der Waals surface area contributed by atoms with Crippen LogP contribution >= 0.6 is 0 Å².